The first-order valence-electron chi connectivity index (χ1n) is 24.6. The average molecular weight is 1000 g/mol. The third-order valence-electron chi connectivity index (χ3n) is 13.2. The van der Waals surface area contributed by atoms with E-state index in [9.17, 15) is 19.5 Å². The third kappa shape index (κ3) is 13.2. The molecule has 2 aromatic heterocycles. The number of β-amino-alcohol motifs (C(OH)–C–C–N with tert-alkyl or cyclic N) is 1. The number of rotatable bonds is 21. The SMILES string of the molecule is Cc1ncsc1-c1ccc(C(C)NC(=O)[C@@H]2C[C@@H](O)CN2C(=O)C(NC(=O)COCCCOCCCCOc2cc(F)c([C@@H]3c4[nH]c5ccccc5c4C[C@@H](C)N3CC(C)(C)F)c(F)c2)C(C)(C)C)cc1. The number of ether oxygens (including phenoxy) is 3. The van der Waals surface area contributed by atoms with Crippen molar-refractivity contribution in [3.63, 3.8) is 0 Å². The van der Waals surface area contributed by atoms with Crippen molar-refractivity contribution in [2.45, 2.75) is 129 Å². The Morgan fingerprint density at radius 3 is 2.30 bits per heavy atom. The Labute approximate surface area is 418 Å². The molecule has 2 aliphatic heterocycles. The molecule has 384 valence electrons. The van der Waals surface area contributed by atoms with Gasteiger partial charge in [0.1, 0.15) is 41.7 Å². The van der Waals surface area contributed by atoms with Crippen LogP contribution in [0.25, 0.3) is 21.3 Å². The van der Waals surface area contributed by atoms with Crippen LogP contribution in [0.15, 0.2) is 66.2 Å². The summed E-state index contributed by atoms with van der Waals surface area (Å²) in [6, 6.07) is 14.7. The molecule has 3 amide bonds. The van der Waals surface area contributed by atoms with Crippen LogP contribution >= 0.6 is 11.3 Å². The predicted octanol–water partition coefficient (Wildman–Crippen LogP) is 8.91. The van der Waals surface area contributed by atoms with Crippen LogP contribution in [0.2, 0.25) is 0 Å². The summed E-state index contributed by atoms with van der Waals surface area (Å²) in [4.78, 5) is 52.8. The van der Waals surface area contributed by atoms with Crippen LogP contribution in [-0.4, -0.2) is 119 Å². The van der Waals surface area contributed by atoms with Gasteiger partial charge < -0.3 is 39.8 Å². The highest BCUT2D eigenvalue weighted by atomic mass is 32.1. The minimum absolute atomic E-state index is 0.0107. The first-order chi connectivity index (χ1) is 33.7. The van der Waals surface area contributed by atoms with Crippen molar-refractivity contribution < 1.29 is 46.9 Å². The third-order valence-corrected chi connectivity index (χ3v) is 14.2. The van der Waals surface area contributed by atoms with Crippen molar-refractivity contribution in [1.82, 2.24) is 30.4 Å². The van der Waals surface area contributed by atoms with Crippen molar-refractivity contribution >= 4 is 40.0 Å². The number of amides is 3. The summed E-state index contributed by atoms with van der Waals surface area (Å²) in [5.74, 6) is -2.80. The monoisotopic (exact) mass is 1000 g/mol. The smallest absolute Gasteiger partial charge is 0.246 e. The second-order valence-electron chi connectivity index (χ2n) is 20.7. The molecule has 1 fully saturated rings. The van der Waals surface area contributed by atoms with E-state index < -0.39 is 58.8 Å². The number of alkyl halides is 1. The minimum atomic E-state index is -1.60. The number of thiazole rings is 1. The van der Waals surface area contributed by atoms with Crippen LogP contribution in [0.3, 0.4) is 0 Å². The van der Waals surface area contributed by atoms with Gasteiger partial charge in [0, 0.05) is 79.7 Å². The molecule has 71 heavy (non-hydrogen) atoms. The number of aromatic amines is 1. The van der Waals surface area contributed by atoms with E-state index in [1.165, 1.54) is 30.9 Å². The fraction of sp³-hybridized carbons (Fsp3) is 0.519. The maximum atomic E-state index is 16.0. The lowest BCUT2D eigenvalue weighted by molar-refractivity contribution is -0.144. The summed E-state index contributed by atoms with van der Waals surface area (Å²) in [5.41, 5.74) is 4.72. The van der Waals surface area contributed by atoms with E-state index >= 15 is 13.2 Å². The molecule has 7 rings (SSSR count). The zero-order chi connectivity index (χ0) is 51.2. The average Bonchev–Trinajstić information content (AvgIpc) is 4.03. The number of aliphatic hydroxyl groups excluding tert-OH is 1. The molecule has 0 aliphatic carbocycles. The zero-order valence-corrected chi connectivity index (χ0v) is 42.9. The molecule has 2 unspecified atom stereocenters. The number of hydrogen-bond donors (Lipinski definition) is 4. The number of para-hydroxylation sites is 1. The van der Waals surface area contributed by atoms with Crippen molar-refractivity contribution in [2.24, 2.45) is 5.41 Å². The quantitative estimate of drug-likeness (QED) is 0.0527. The molecule has 1 saturated heterocycles. The molecule has 0 radical (unpaired) electrons. The summed E-state index contributed by atoms with van der Waals surface area (Å²) in [6.45, 7) is 15.1. The van der Waals surface area contributed by atoms with Crippen LogP contribution in [0, 0.1) is 24.0 Å². The predicted molar refractivity (Wildman–Crippen MR) is 269 cm³/mol. The number of fused-ring (bicyclic) bond motifs is 3. The molecule has 17 heteroatoms. The Hall–Kier alpha value is -5.33. The van der Waals surface area contributed by atoms with Gasteiger partial charge in [0.2, 0.25) is 17.7 Å². The van der Waals surface area contributed by atoms with Crippen LogP contribution in [0.4, 0.5) is 13.2 Å². The number of benzene rings is 3. The number of nitrogens with zero attached hydrogens (tertiary/aromatic N) is 3. The highest BCUT2D eigenvalue weighted by molar-refractivity contribution is 7.13. The van der Waals surface area contributed by atoms with E-state index in [-0.39, 0.29) is 68.6 Å². The van der Waals surface area contributed by atoms with E-state index in [0.717, 1.165) is 38.2 Å². The normalized spacial score (nSPS) is 19.4. The Morgan fingerprint density at radius 2 is 1.62 bits per heavy atom. The second-order valence-corrected chi connectivity index (χ2v) is 21.5. The number of aromatic nitrogens is 2. The number of aryl methyl sites for hydroxylation is 1. The van der Waals surface area contributed by atoms with Crippen molar-refractivity contribution in [2.75, 3.05) is 46.1 Å². The topological polar surface area (TPSA) is 158 Å². The lowest BCUT2D eigenvalue weighted by Crippen LogP contribution is -2.58. The lowest BCUT2D eigenvalue weighted by atomic mass is 9.85. The molecule has 2 aliphatic rings. The summed E-state index contributed by atoms with van der Waals surface area (Å²) in [6.07, 6.45) is 1.49. The summed E-state index contributed by atoms with van der Waals surface area (Å²) >= 11 is 1.56. The molecule has 6 atom stereocenters. The molecule has 3 aromatic carbocycles. The fourth-order valence-electron chi connectivity index (χ4n) is 9.65. The number of carbonyl (C=O) groups excluding carboxylic acids is 3. The van der Waals surface area contributed by atoms with Gasteiger partial charge >= 0.3 is 0 Å². The van der Waals surface area contributed by atoms with Gasteiger partial charge in [-0.05, 0) is 88.5 Å². The maximum absolute atomic E-state index is 16.0. The Kier molecular flexibility index (Phi) is 17.4. The van der Waals surface area contributed by atoms with E-state index in [2.05, 4.69) is 20.6 Å². The van der Waals surface area contributed by atoms with Gasteiger partial charge in [-0.15, -0.1) is 11.3 Å². The van der Waals surface area contributed by atoms with Gasteiger partial charge in [-0.2, -0.15) is 0 Å². The van der Waals surface area contributed by atoms with Crippen LogP contribution in [0.5, 0.6) is 5.75 Å². The molecular weight excluding hydrogens is 934 g/mol. The van der Waals surface area contributed by atoms with E-state index in [1.54, 1.807) is 16.8 Å². The maximum Gasteiger partial charge on any atom is 0.246 e. The van der Waals surface area contributed by atoms with Crippen LogP contribution in [-0.2, 0) is 30.3 Å². The highest BCUT2D eigenvalue weighted by Crippen LogP contribution is 2.44. The molecular formula is C54H69F3N6O7S. The Balaban J connectivity index is 0.815. The largest absolute Gasteiger partial charge is 0.493 e. The number of hydrogen-bond acceptors (Lipinski definition) is 10. The summed E-state index contributed by atoms with van der Waals surface area (Å²) in [7, 11) is 0. The molecule has 4 heterocycles. The lowest BCUT2D eigenvalue weighted by Gasteiger charge is -2.43. The molecule has 5 aromatic rings. The van der Waals surface area contributed by atoms with Gasteiger partial charge in [-0.3, -0.25) is 19.3 Å². The number of aliphatic hydroxyl groups is 1. The molecule has 13 nitrogen and oxygen atoms in total. The molecule has 0 saturated carbocycles. The number of unbranched alkanes of at least 4 members (excludes halogenated alkanes) is 1. The van der Waals surface area contributed by atoms with E-state index in [0.29, 0.717) is 44.6 Å². The van der Waals surface area contributed by atoms with Crippen molar-refractivity contribution in [3.8, 4) is 16.2 Å². The first kappa shape index (κ1) is 53.5. The van der Waals surface area contributed by atoms with E-state index in [4.69, 9.17) is 14.2 Å². The number of halogens is 3. The summed E-state index contributed by atoms with van der Waals surface area (Å²) < 4.78 is 64.3. The molecule has 4 N–H and O–H groups in total. The van der Waals surface area contributed by atoms with Crippen molar-refractivity contribution in [3.05, 3.63) is 106 Å². The van der Waals surface area contributed by atoms with Gasteiger partial charge in [-0.1, -0.05) is 63.2 Å². The van der Waals surface area contributed by atoms with Gasteiger partial charge in [-0.25, -0.2) is 18.2 Å². The van der Waals surface area contributed by atoms with Crippen LogP contribution < -0.4 is 15.4 Å². The number of nitrogens with one attached hydrogen (secondary N) is 3. The first-order valence-corrected chi connectivity index (χ1v) is 25.5. The Bertz CT molecular complexity index is 2600. The van der Waals surface area contributed by atoms with E-state index in [1.807, 2.05) is 95.0 Å². The Morgan fingerprint density at radius 1 is 0.944 bits per heavy atom. The number of H-pyrrole nitrogens is 1. The van der Waals surface area contributed by atoms with Gasteiger partial charge in [0.05, 0.1) is 40.9 Å². The van der Waals surface area contributed by atoms with Gasteiger partial charge in [0.25, 0.3) is 0 Å². The standard InChI is InChI=1S/C54H69F3N6O7S/c1-32-24-40-39-14-9-10-15-43(39)60-47(40)48(63(32)30-54(7,8)57)46-41(55)26-38(27-42(46)56)70-23-12-11-20-68-21-13-22-69-29-45(65)61-50(53(4,5)6)52(67)62-28-37(64)25-44(62)51(66)59-33(2)35-16-18-36(19-17-35)49-34(3)58-31-71-49/h9-10,14-19,26-27,31-33,37,44,48,50,60,64H,11-13,20-25,28-30H2,1-8H3,(H,59,66)(H,61,65)/t32-,33?,37-,44+,48-,50?/m1/s1. The zero-order valence-electron chi connectivity index (χ0n) is 42.1. The van der Waals surface area contributed by atoms with Gasteiger partial charge in [0.15, 0.2) is 0 Å². The number of carbonyl (C=O) groups is 3. The molecule has 0 bridgehead atoms. The summed E-state index contributed by atoms with van der Waals surface area (Å²) in [5, 5.41) is 17.4. The van der Waals surface area contributed by atoms with Crippen molar-refractivity contribution in [1.29, 1.82) is 0 Å². The highest BCUT2D eigenvalue weighted by Gasteiger charge is 2.45. The number of likely N-dealkylation sites (tertiary alicyclic amines) is 1. The molecule has 0 spiro atoms. The fourth-order valence-corrected chi connectivity index (χ4v) is 10.5. The van der Waals surface area contributed by atoms with Crippen LogP contribution in [0.1, 0.15) is 114 Å². The second kappa shape index (κ2) is 23.0. The minimum Gasteiger partial charge on any atom is -0.493 e.